The Morgan fingerprint density at radius 2 is 1.08 bits per heavy atom. The Bertz CT molecular complexity index is 1230. The Morgan fingerprint density at radius 1 is 0.640 bits per heavy atom. The van der Waals surface area contributed by atoms with Gasteiger partial charge in [0.15, 0.2) is 0 Å². The number of rotatable bonds is 27. The van der Waals surface area contributed by atoms with Gasteiger partial charge in [-0.2, -0.15) is 0 Å². The Morgan fingerprint density at radius 3 is 1.52 bits per heavy atom. The maximum absolute atomic E-state index is 13.2. The number of carboxylic acids is 1. The van der Waals surface area contributed by atoms with E-state index in [9.17, 15) is 38.7 Å². The van der Waals surface area contributed by atoms with Gasteiger partial charge < -0.3 is 39.4 Å². The van der Waals surface area contributed by atoms with E-state index in [0.717, 1.165) is 9.80 Å². The first-order chi connectivity index (χ1) is 24.0. The molecule has 3 heterocycles. The molecule has 0 spiro atoms. The number of aliphatic carboxylic acids is 1. The largest absolute Gasteiger partial charge is 0.481 e. The fraction of sp³-hybridized carbons (Fsp3) is 0.606. The van der Waals surface area contributed by atoms with E-state index < -0.39 is 47.3 Å². The van der Waals surface area contributed by atoms with Gasteiger partial charge in [-0.05, 0) is 44.6 Å². The molecule has 0 aliphatic carbocycles. The predicted molar refractivity (Wildman–Crippen MR) is 173 cm³/mol. The van der Waals surface area contributed by atoms with Crippen molar-refractivity contribution >= 4 is 41.4 Å². The van der Waals surface area contributed by atoms with Crippen LogP contribution in [-0.4, -0.2) is 151 Å². The number of imide groups is 2. The van der Waals surface area contributed by atoms with Gasteiger partial charge in [-0.25, -0.2) is 0 Å². The second-order valence-electron chi connectivity index (χ2n) is 11.8. The van der Waals surface area contributed by atoms with E-state index >= 15 is 0 Å². The molecule has 0 aromatic rings. The van der Waals surface area contributed by atoms with Crippen LogP contribution in [0.3, 0.4) is 0 Å². The highest BCUT2D eigenvalue weighted by atomic mass is 16.6. The van der Waals surface area contributed by atoms with E-state index in [-0.39, 0.29) is 84.8 Å². The first-order valence-corrected chi connectivity index (χ1v) is 16.6. The van der Waals surface area contributed by atoms with Crippen LogP contribution in [0, 0.1) is 0 Å². The average molecular weight is 707 g/mol. The predicted octanol–water partition coefficient (Wildman–Crippen LogP) is -0.710. The molecule has 1 unspecified atom stereocenters. The van der Waals surface area contributed by atoms with Crippen molar-refractivity contribution in [2.24, 2.45) is 0 Å². The quantitative estimate of drug-likeness (QED) is 0.0711. The van der Waals surface area contributed by atoms with Crippen molar-refractivity contribution in [2.75, 3.05) is 72.5 Å². The number of amides is 6. The standard InChI is InChI=1S/C33H46N4O13/c38-25(24-50-23-22-49-21-20-48-19-18-47-17-10-32(45)46)34-33(11-1-14-35-26(39)4-5-27(35)40,12-2-15-36-28(41)6-7-29(36)42)13-3-16-37-30(43)8-9-31(37)44/h4-9,26,39H,1-3,10-24H2,(H,34,38)(H,45,46). The zero-order chi connectivity index (χ0) is 36.4. The molecule has 0 saturated carbocycles. The van der Waals surface area contributed by atoms with Gasteiger partial charge in [0, 0.05) is 55.6 Å². The normalized spacial score (nSPS) is 17.3. The molecule has 0 radical (unpaired) electrons. The van der Waals surface area contributed by atoms with Crippen molar-refractivity contribution in [2.45, 2.75) is 56.7 Å². The summed E-state index contributed by atoms with van der Waals surface area (Å²) in [7, 11) is 0. The average Bonchev–Trinajstić information content (AvgIpc) is 3.69. The molecule has 0 aromatic heterocycles. The molecular weight excluding hydrogens is 660 g/mol. The lowest BCUT2D eigenvalue weighted by Gasteiger charge is -2.37. The molecule has 17 nitrogen and oxygen atoms in total. The Hall–Kier alpha value is -4.29. The van der Waals surface area contributed by atoms with Crippen molar-refractivity contribution in [1.82, 2.24) is 20.0 Å². The lowest BCUT2D eigenvalue weighted by molar-refractivity contribution is -0.139. The summed E-state index contributed by atoms with van der Waals surface area (Å²) in [6.45, 7) is 1.63. The van der Waals surface area contributed by atoms with Gasteiger partial charge in [-0.15, -0.1) is 0 Å². The van der Waals surface area contributed by atoms with Crippen LogP contribution in [0.4, 0.5) is 0 Å². The van der Waals surface area contributed by atoms with Crippen LogP contribution in [0.15, 0.2) is 36.5 Å². The Balaban J connectivity index is 1.53. The monoisotopic (exact) mass is 706 g/mol. The number of carbonyl (C=O) groups is 7. The zero-order valence-electron chi connectivity index (χ0n) is 28.0. The minimum absolute atomic E-state index is 0.0755. The smallest absolute Gasteiger partial charge is 0.305 e. The van der Waals surface area contributed by atoms with E-state index in [1.165, 1.54) is 41.4 Å². The van der Waals surface area contributed by atoms with Crippen LogP contribution in [0.25, 0.3) is 0 Å². The summed E-state index contributed by atoms with van der Waals surface area (Å²) in [5.41, 5.74) is -0.939. The molecule has 1 atom stereocenters. The second kappa shape index (κ2) is 21.0. The van der Waals surface area contributed by atoms with Gasteiger partial charge >= 0.3 is 5.97 Å². The van der Waals surface area contributed by atoms with Crippen molar-refractivity contribution in [3.8, 4) is 0 Å². The third-order valence-corrected chi connectivity index (χ3v) is 8.16. The maximum Gasteiger partial charge on any atom is 0.305 e. The molecule has 3 aliphatic heterocycles. The second-order valence-corrected chi connectivity index (χ2v) is 11.8. The van der Waals surface area contributed by atoms with E-state index in [2.05, 4.69) is 5.32 Å². The molecule has 0 saturated heterocycles. The van der Waals surface area contributed by atoms with E-state index in [4.69, 9.17) is 24.1 Å². The number of carboxylic acid groups (broad SMARTS) is 1. The highest BCUT2D eigenvalue weighted by Crippen LogP contribution is 2.28. The van der Waals surface area contributed by atoms with Gasteiger partial charge in [-0.3, -0.25) is 43.4 Å². The van der Waals surface area contributed by atoms with E-state index in [0.29, 0.717) is 38.5 Å². The molecule has 0 bridgehead atoms. The van der Waals surface area contributed by atoms with Crippen LogP contribution >= 0.6 is 0 Å². The number of nitrogens with zero attached hydrogens (tertiary/aromatic N) is 3. The van der Waals surface area contributed by atoms with E-state index in [1.807, 2.05) is 0 Å². The zero-order valence-corrected chi connectivity index (χ0v) is 28.0. The third-order valence-electron chi connectivity index (χ3n) is 8.16. The molecule has 276 valence electrons. The summed E-state index contributed by atoms with van der Waals surface area (Å²) in [4.78, 5) is 88.0. The summed E-state index contributed by atoms with van der Waals surface area (Å²) in [6.07, 6.45) is 8.32. The molecule has 3 rings (SSSR count). The fourth-order valence-electron chi connectivity index (χ4n) is 5.66. The van der Waals surface area contributed by atoms with Crippen molar-refractivity contribution in [1.29, 1.82) is 0 Å². The molecule has 17 heteroatoms. The lowest BCUT2D eigenvalue weighted by Crippen LogP contribution is -2.51. The van der Waals surface area contributed by atoms with Crippen molar-refractivity contribution in [3.05, 3.63) is 36.5 Å². The number of hydrogen-bond donors (Lipinski definition) is 3. The van der Waals surface area contributed by atoms with Gasteiger partial charge in [-0.1, -0.05) is 0 Å². The molecular formula is C33H46N4O13. The molecule has 3 aliphatic rings. The topological polar surface area (TPSA) is 219 Å². The van der Waals surface area contributed by atoms with Crippen LogP contribution in [0.5, 0.6) is 0 Å². The minimum atomic E-state index is -1.06. The number of nitrogens with one attached hydrogen (secondary N) is 1. The summed E-state index contributed by atoms with van der Waals surface area (Å²) in [5, 5.41) is 21.8. The summed E-state index contributed by atoms with van der Waals surface area (Å²) in [5.74, 6) is -3.43. The number of aliphatic hydroxyl groups excluding tert-OH is 1. The molecule has 50 heavy (non-hydrogen) atoms. The number of carbonyl (C=O) groups excluding carboxylic acids is 6. The Kier molecular flexibility index (Phi) is 16.9. The summed E-state index contributed by atoms with van der Waals surface area (Å²) in [6, 6.07) is 0. The first-order valence-electron chi connectivity index (χ1n) is 16.6. The SMILES string of the molecule is O=C(O)CCOCCOCCOCCOCC(=O)NC(CCCN1C(=O)C=CC1=O)(CCCN1C(=O)C=CC1=O)CCCN1C(=O)C=CC1O. The minimum Gasteiger partial charge on any atom is -0.481 e. The van der Waals surface area contributed by atoms with Crippen LogP contribution in [0.2, 0.25) is 0 Å². The highest BCUT2D eigenvalue weighted by molar-refractivity contribution is 6.13. The molecule has 3 N–H and O–H groups in total. The van der Waals surface area contributed by atoms with Crippen molar-refractivity contribution in [3.63, 3.8) is 0 Å². The number of ether oxygens (including phenoxy) is 4. The molecule has 6 amide bonds. The molecule has 0 aromatic carbocycles. The third kappa shape index (κ3) is 13.5. The van der Waals surface area contributed by atoms with E-state index in [1.54, 1.807) is 0 Å². The summed E-state index contributed by atoms with van der Waals surface area (Å²) >= 11 is 0. The summed E-state index contributed by atoms with van der Waals surface area (Å²) < 4.78 is 21.4. The number of aliphatic hydroxyl groups is 1. The van der Waals surface area contributed by atoms with Crippen LogP contribution in [0.1, 0.15) is 44.9 Å². The van der Waals surface area contributed by atoms with Gasteiger partial charge in [0.1, 0.15) is 12.8 Å². The van der Waals surface area contributed by atoms with Crippen LogP contribution < -0.4 is 5.32 Å². The first kappa shape index (κ1) is 40.1. The highest BCUT2D eigenvalue weighted by Gasteiger charge is 2.34. The maximum atomic E-state index is 13.2. The van der Waals surface area contributed by atoms with Gasteiger partial charge in [0.25, 0.3) is 23.6 Å². The van der Waals surface area contributed by atoms with Crippen molar-refractivity contribution < 1.29 is 62.7 Å². The molecule has 0 fully saturated rings. The van der Waals surface area contributed by atoms with Gasteiger partial charge in [0.05, 0.1) is 52.7 Å². The Labute approximate surface area is 289 Å². The lowest BCUT2D eigenvalue weighted by atomic mass is 9.83. The fourth-order valence-corrected chi connectivity index (χ4v) is 5.66. The van der Waals surface area contributed by atoms with Crippen LogP contribution in [-0.2, 0) is 52.5 Å². The number of hydrogen-bond acceptors (Lipinski definition) is 12. The van der Waals surface area contributed by atoms with Gasteiger partial charge in [0.2, 0.25) is 11.8 Å².